The average molecular weight is 411 g/mol. The van der Waals surface area contributed by atoms with Crippen LogP contribution in [0.3, 0.4) is 0 Å². The number of aliphatic imine (C=N–C) groups is 1. The van der Waals surface area contributed by atoms with Crippen molar-refractivity contribution < 1.29 is 22.7 Å². The van der Waals surface area contributed by atoms with Crippen LogP contribution in [0.1, 0.15) is 29.2 Å². The molecule has 2 aromatic carbocycles. The minimum Gasteiger partial charge on any atom is -0.388 e. The maximum absolute atomic E-state index is 14.2. The van der Waals surface area contributed by atoms with Gasteiger partial charge in [-0.1, -0.05) is 6.07 Å². The van der Waals surface area contributed by atoms with Gasteiger partial charge in [0, 0.05) is 37.5 Å². The van der Waals surface area contributed by atoms with E-state index in [0.29, 0.717) is 23.9 Å². The van der Waals surface area contributed by atoms with Crippen LogP contribution in [0.4, 0.5) is 28.9 Å². The lowest BCUT2D eigenvalue weighted by atomic mass is 9.83. The van der Waals surface area contributed by atoms with E-state index < -0.39 is 28.7 Å². The first-order chi connectivity index (χ1) is 13.4. The lowest BCUT2D eigenvalue weighted by Crippen LogP contribution is -2.44. The van der Waals surface area contributed by atoms with Gasteiger partial charge in [-0.05, 0) is 56.2 Å². The molecule has 4 nitrogen and oxygen atoms in total. The van der Waals surface area contributed by atoms with Crippen LogP contribution >= 0.6 is 0 Å². The second-order valence-electron chi connectivity index (χ2n) is 6.98. The van der Waals surface area contributed by atoms with E-state index in [9.17, 15) is 22.7 Å². The van der Waals surface area contributed by atoms with Gasteiger partial charge in [0.05, 0.1) is 12.0 Å². The van der Waals surface area contributed by atoms with Crippen LogP contribution in [0, 0.1) is 19.7 Å². The molecule has 8 heteroatoms. The van der Waals surface area contributed by atoms with E-state index >= 15 is 0 Å². The number of hydrogen-bond donors (Lipinski definition) is 2. The number of aryl methyl sites for hydroxylation is 2. The average Bonchev–Trinajstić information content (AvgIpc) is 2.64. The van der Waals surface area contributed by atoms with Crippen LogP contribution in [-0.4, -0.2) is 43.2 Å². The van der Waals surface area contributed by atoms with Gasteiger partial charge >= 0.3 is 6.18 Å². The Labute approximate surface area is 167 Å². The Hall–Kier alpha value is -2.61. The molecule has 0 aromatic heterocycles. The first kappa shape index (κ1) is 22.7. The Morgan fingerprint density at radius 1 is 1.14 bits per heavy atom. The number of nitrogens with zero attached hydrogens (tertiary/aromatic N) is 2. The van der Waals surface area contributed by atoms with Crippen molar-refractivity contribution in [2.45, 2.75) is 32.5 Å². The number of rotatable bonds is 6. The van der Waals surface area contributed by atoms with Gasteiger partial charge < -0.3 is 15.3 Å². The molecule has 0 saturated carbocycles. The number of halogens is 4. The fourth-order valence-electron chi connectivity index (χ4n) is 3.00. The summed E-state index contributed by atoms with van der Waals surface area (Å²) in [6.07, 6.45) is -3.51. The Kier molecular flexibility index (Phi) is 6.57. The Morgan fingerprint density at radius 3 is 2.31 bits per heavy atom. The smallest absolute Gasteiger partial charge is 0.388 e. The highest BCUT2D eigenvalue weighted by atomic mass is 19.4. The van der Waals surface area contributed by atoms with Crippen LogP contribution in [-0.2, 0) is 5.60 Å². The number of anilines is 1. The molecular formula is C21H25F4N3O. The van der Waals surface area contributed by atoms with Crippen molar-refractivity contribution >= 4 is 17.7 Å². The van der Waals surface area contributed by atoms with Crippen molar-refractivity contribution in [3.8, 4) is 0 Å². The molecule has 0 aliphatic heterocycles. The SMILES string of the molecule is CCN(C)C=Nc1cc(NC)c(C(O)(c2cc(C)cc(F)c2)C(F)(F)F)cc1C. The summed E-state index contributed by atoms with van der Waals surface area (Å²) in [4.78, 5) is 6.12. The van der Waals surface area contributed by atoms with Crippen LogP contribution < -0.4 is 5.32 Å². The minimum absolute atomic E-state index is 0.0450. The summed E-state index contributed by atoms with van der Waals surface area (Å²) in [5.41, 5.74) is -3.18. The summed E-state index contributed by atoms with van der Waals surface area (Å²) in [5.74, 6) is -0.853. The summed E-state index contributed by atoms with van der Waals surface area (Å²) in [5, 5.41) is 13.6. The number of aliphatic hydroxyl groups is 1. The quantitative estimate of drug-likeness (QED) is 0.404. The van der Waals surface area contributed by atoms with E-state index in [-0.39, 0.29) is 11.3 Å². The number of benzene rings is 2. The van der Waals surface area contributed by atoms with Gasteiger partial charge in [0.15, 0.2) is 0 Å². The highest BCUT2D eigenvalue weighted by molar-refractivity contribution is 5.70. The molecular weight excluding hydrogens is 386 g/mol. The van der Waals surface area contributed by atoms with Crippen molar-refractivity contribution in [1.29, 1.82) is 0 Å². The highest BCUT2D eigenvalue weighted by Crippen LogP contribution is 2.48. The van der Waals surface area contributed by atoms with Gasteiger partial charge in [-0.3, -0.25) is 0 Å². The molecule has 1 atom stereocenters. The summed E-state index contributed by atoms with van der Waals surface area (Å²) in [6, 6.07) is 5.61. The molecule has 0 fully saturated rings. The molecule has 0 radical (unpaired) electrons. The highest BCUT2D eigenvalue weighted by Gasteiger charge is 2.57. The van der Waals surface area contributed by atoms with E-state index in [1.165, 1.54) is 26.1 Å². The third-order valence-corrected chi connectivity index (χ3v) is 4.76. The zero-order chi connectivity index (χ0) is 22.0. The van der Waals surface area contributed by atoms with Gasteiger partial charge in [0.1, 0.15) is 5.82 Å². The second kappa shape index (κ2) is 8.41. The van der Waals surface area contributed by atoms with Crippen LogP contribution in [0.15, 0.2) is 35.3 Å². The van der Waals surface area contributed by atoms with Gasteiger partial charge in [-0.15, -0.1) is 0 Å². The summed E-state index contributed by atoms with van der Waals surface area (Å²) >= 11 is 0. The third-order valence-electron chi connectivity index (χ3n) is 4.76. The van der Waals surface area contributed by atoms with E-state index in [0.717, 1.165) is 12.1 Å². The second-order valence-corrected chi connectivity index (χ2v) is 6.98. The number of alkyl halides is 3. The molecule has 0 amide bonds. The lowest BCUT2D eigenvalue weighted by Gasteiger charge is -2.33. The fourth-order valence-corrected chi connectivity index (χ4v) is 3.00. The Bertz CT molecular complexity index is 891. The predicted molar refractivity (Wildman–Crippen MR) is 107 cm³/mol. The number of nitrogens with one attached hydrogen (secondary N) is 1. The molecule has 0 spiro atoms. The molecule has 2 aromatic rings. The first-order valence-corrected chi connectivity index (χ1v) is 9.08. The molecule has 0 aliphatic carbocycles. The molecule has 0 saturated heterocycles. The van der Waals surface area contributed by atoms with Gasteiger partial charge in [-0.2, -0.15) is 13.2 Å². The summed E-state index contributed by atoms with van der Waals surface area (Å²) < 4.78 is 56.3. The summed E-state index contributed by atoms with van der Waals surface area (Å²) in [7, 11) is 3.27. The molecule has 29 heavy (non-hydrogen) atoms. The zero-order valence-electron chi connectivity index (χ0n) is 17.0. The molecule has 1 unspecified atom stereocenters. The maximum atomic E-state index is 14.2. The van der Waals surface area contributed by atoms with E-state index in [1.54, 1.807) is 13.3 Å². The Morgan fingerprint density at radius 2 is 1.79 bits per heavy atom. The van der Waals surface area contributed by atoms with Gasteiger partial charge in [0.2, 0.25) is 5.60 Å². The predicted octanol–water partition coefficient (Wildman–Crippen LogP) is 4.89. The van der Waals surface area contributed by atoms with Crippen molar-refractivity contribution in [2.75, 3.05) is 26.0 Å². The molecule has 0 bridgehead atoms. The topological polar surface area (TPSA) is 47.9 Å². The minimum atomic E-state index is -5.08. The molecule has 0 heterocycles. The van der Waals surface area contributed by atoms with Crippen molar-refractivity contribution in [1.82, 2.24) is 4.90 Å². The fraction of sp³-hybridized carbons (Fsp3) is 0.381. The molecule has 2 rings (SSSR count). The van der Waals surface area contributed by atoms with Crippen molar-refractivity contribution in [3.63, 3.8) is 0 Å². The Balaban J connectivity index is 2.75. The monoisotopic (exact) mass is 411 g/mol. The van der Waals surface area contributed by atoms with E-state index in [1.807, 2.05) is 18.9 Å². The van der Waals surface area contributed by atoms with Crippen LogP contribution in [0.5, 0.6) is 0 Å². The van der Waals surface area contributed by atoms with Gasteiger partial charge in [-0.25, -0.2) is 9.38 Å². The molecule has 0 aliphatic rings. The summed E-state index contributed by atoms with van der Waals surface area (Å²) in [6.45, 7) is 5.72. The lowest BCUT2D eigenvalue weighted by molar-refractivity contribution is -0.248. The van der Waals surface area contributed by atoms with Crippen LogP contribution in [0.25, 0.3) is 0 Å². The largest absolute Gasteiger partial charge is 0.425 e. The van der Waals surface area contributed by atoms with Crippen molar-refractivity contribution in [2.24, 2.45) is 4.99 Å². The molecule has 158 valence electrons. The van der Waals surface area contributed by atoms with Gasteiger partial charge in [0.25, 0.3) is 0 Å². The maximum Gasteiger partial charge on any atom is 0.425 e. The number of hydrogen-bond acceptors (Lipinski definition) is 3. The zero-order valence-corrected chi connectivity index (χ0v) is 17.0. The van der Waals surface area contributed by atoms with E-state index in [2.05, 4.69) is 10.3 Å². The first-order valence-electron chi connectivity index (χ1n) is 9.08. The molecule has 2 N–H and O–H groups in total. The standard InChI is InChI=1S/C21H25F4N3O/c1-6-28(5)12-27-18-11-19(26-4)17(9-14(18)3)20(29,21(23,24)25)15-7-13(2)8-16(22)10-15/h7-12,26,29H,6H2,1-5H3. The van der Waals surface area contributed by atoms with Crippen molar-refractivity contribution in [3.05, 3.63) is 58.4 Å². The normalized spacial score (nSPS) is 14.1. The van der Waals surface area contributed by atoms with Crippen LogP contribution in [0.2, 0.25) is 0 Å². The van der Waals surface area contributed by atoms with E-state index in [4.69, 9.17) is 0 Å². The third kappa shape index (κ3) is 4.53.